The molecule has 1 aromatic rings. The molecule has 0 unspecified atom stereocenters. The molecule has 1 fully saturated rings. The highest BCUT2D eigenvalue weighted by atomic mass is 35.5. The van der Waals surface area contributed by atoms with Crippen LogP contribution in [0.4, 0.5) is 0 Å². The Balaban J connectivity index is 0.00000162. The van der Waals surface area contributed by atoms with E-state index in [1.54, 1.807) is 11.3 Å². The number of halogens is 2. The number of aryl methyl sites for hydroxylation is 1. The molecule has 1 aliphatic heterocycles. The van der Waals surface area contributed by atoms with Gasteiger partial charge in [0.2, 0.25) is 5.91 Å². The molecule has 18 heavy (non-hydrogen) atoms. The lowest BCUT2D eigenvalue weighted by molar-refractivity contribution is -0.133. The molecule has 1 amide bonds. The Labute approximate surface area is 123 Å². The van der Waals surface area contributed by atoms with Gasteiger partial charge >= 0.3 is 0 Å². The SMILES string of the molecule is C[C@H]1CNCCN1C(=O)CCc1ccc(Cl)s1.Cl. The van der Waals surface area contributed by atoms with Crippen LogP contribution in [0.3, 0.4) is 0 Å². The smallest absolute Gasteiger partial charge is 0.223 e. The lowest BCUT2D eigenvalue weighted by Gasteiger charge is -2.34. The van der Waals surface area contributed by atoms with Gasteiger partial charge in [-0.15, -0.1) is 23.7 Å². The van der Waals surface area contributed by atoms with Crippen LogP contribution in [0, 0.1) is 0 Å². The van der Waals surface area contributed by atoms with E-state index in [0.29, 0.717) is 12.5 Å². The van der Waals surface area contributed by atoms with Crippen LogP contribution in [-0.2, 0) is 11.2 Å². The van der Waals surface area contributed by atoms with Crippen LogP contribution in [0.2, 0.25) is 4.34 Å². The van der Waals surface area contributed by atoms with Crippen molar-refractivity contribution in [1.82, 2.24) is 10.2 Å². The van der Waals surface area contributed by atoms with Crippen molar-refractivity contribution in [2.45, 2.75) is 25.8 Å². The number of carbonyl (C=O) groups excluding carboxylic acids is 1. The first-order chi connectivity index (χ1) is 8.16. The van der Waals surface area contributed by atoms with Crippen molar-refractivity contribution in [1.29, 1.82) is 0 Å². The van der Waals surface area contributed by atoms with Crippen LogP contribution >= 0.6 is 35.3 Å². The quantitative estimate of drug-likeness (QED) is 0.931. The van der Waals surface area contributed by atoms with Crippen molar-refractivity contribution in [3.8, 4) is 0 Å². The van der Waals surface area contributed by atoms with Gasteiger partial charge in [-0.3, -0.25) is 4.79 Å². The fourth-order valence-electron chi connectivity index (χ4n) is 2.07. The number of nitrogens with one attached hydrogen (secondary N) is 1. The van der Waals surface area contributed by atoms with Gasteiger partial charge in [0.05, 0.1) is 4.34 Å². The second-order valence-electron chi connectivity index (χ2n) is 4.35. The summed E-state index contributed by atoms with van der Waals surface area (Å²) in [5, 5.41) is 3.29. The molecule has 0 aromatic carbocycles. The van der Waals surface area contributed by atoms with Crippen LogP contribution in [0.25, 0.3) is 0 Å². The average molecular weight is 309 g/mol. The van der Waals surface area contributed by atoms with Crippen molar-refractivity contribution in [2.75, 3.05) is 19.6 Å². The molecule has 2 heterocycles. The van der Waals surface area contributed by atoms with E-state index in [4.69, 9.17) is 11.6 Å². The van der Waals surface area contributed by atoms with E-state index in [0.717, 1.165) is 30.4 Å². The van der Waals surface area contributed by atoms with Gasteiger partial charge in [-0.2, -0.15) is 0 Å². The number of nitrogens with zero attached hydrogens (tertiary/aromatic N) is 1. The first-order valence-corrected chi connectivity index (χ1v) is 7.10. The van der Waals surface area contributed by atoms with Crippen LogP contribution in [0.5, 0.6) is 0 Å². The third-order valence-corrected chi connectivity index (χ3v) is 4.33. The van der Waals surface area contributed by atoms with Gasteiger partial charge in [-0.25, -0.2) is 0 Å². The molecule has 0 bridgehead atoms. The third-order valence-electron chi connectivity index (χ3n) is 3.04. The molecule has 1 aliphatic rings. The van der Waals surface area contributed by atoms with Gasteiger partial charge in [0.15, 0.2) is 0 Å². The molecule has 0 spiro atoms. The molecule has 2 rings (SSSR count). The molecule has 0 aliphatic carbocycles. The predicted octanol–water partition coefficient (Wildman–Crippen LogP) is 2.58. The lowest BCUT2D eigenvalue weighted by Crippen LogP contribution is -2.52. The minimum atomic E-state index is 0. The van der Waals surface area contributed by atoms with E-state index < -0.39 is 0 Å². The van der Waals surface area contributed by atoms with E-state index >= 15 is 0 Å². The number of piperazine rings is 1. The number of amides is 1. The zero-order chi connectivity index (χ0) is 12.3. The summed E-state index contributed by atoms with van der Waals surface area (Å²) in [6.07, 6.45) is 1.38. The van der Waals surface area contributed by atoms with Crippen molar-refractivity contribution in [3.63, 3.8) is 0 Å². The van der Waals surface area contributed by atoms with Gasteiger partial charge < -0.3 is 10.2 Å². The molecule has 1 N–H and O–H groups in total. The number of carbonyl (C=O) groups is 1. The molecule has 1 atom stereocenters. The van der Waals surface area contributed by atoms with E-state index in [9.17, 15) is 4.79 Å². The number of thiophene rings is 1. The third kappa shape index (κ3) is 4.12. The number of hydrogen-bond acceptors (Lipinski definition) is 3. The van der Waals surface area contributed by atoms with Gasteiger partial charge in [-0.1, -0.05) is 11.6 Å². The molecular weight excluding hydrogens is 291 g/mol. The maximum Gasteiger partial charge on any atom is 0.223 e. The Kier molecular flexibility index (Phi) is 6.43. The zero-order valence-corrected chi connectivity index (χ0v) is 12.7. The summed E-state index contributed by atoms with van der Waals surface area (Å²) in [6.45, 7) is 4.72. The highest BCUT2D eigenvalue weighted by molar-refractivity contribution is 7.16. The van der Waals surface area contributed by atoms with Crippen molar-refractivity contribution >= 4 is 41.3 Å². The van der Waals surface area contributed by atoms with E-state index in [1.165, 1.54) is 4.88 Å². The highest BCUT2D eigenvalue weighted by Crippen LogP contribution is 2.22. The molecule has 1 saturated heterocycles. The number of rotatable bonds is 3. The summed E-state index contributed by atoms with van der Waals surface area (Å²) in [4.78, 5) is 15.2. The molecule has 1 aromatic heterocycles. The Morgan fingerprint density at radius 3 is 3.00 bits per heavy atom. The molecule has 3 nitrogen and oxygen atoms in total. The minimum absolute atomic E-state index is 0. The Morgan fingerprint density at radius 2 is 2.39 bits per heavy atom. The first kappa shape index (κ1) is 15.8. The van der Waals surface area contributed by atoms with Crippen molar-refractivity contribution < 1.29 is 4.79 Å². The molecule has 0 radical (unpaired) electrons. The van der Waals surface area contributed by atoms with Gasteiger partial charge in [-0.05, 0) is 25.5 Å². The molecular formula is C12H18Cl2N2OS. The topological polar surface area (TPSA) is 32.3 Å². The summed E-state index contributed by atoms with van der Waals surface area (Å²) < 4.78 is 0.794. The second kappa shape index (κ2) is 7.34. The lowest BCUT2D eigenvalue weighted by atomic mass is 10.1. The summed E-state index contributed by atoms with van der Waals surface area (Å²) in [7, 11) is 0. The molecule has 0 saturated carbocycles. The maximum atomic E-state index is 12.1. The van der Waals surface area contributed by atoms with E-state index in [1.807, 2.05) is 17.0 Å². The largest absolute Gasteiger partial charge is 0.337 e. The Morgan fingerprint density at radius 1 is 1.61 bits per heavy atom. The van der Waals surface area contributed by atoms with E-state index in [2.05, 4.69) is 12.2 Å². The van der Waals surface area contributed by atoms with Crippen LogP contribution in [0.1, 0.15) is 18.2 Å². The van der Waals surface area contributed by atoms with E-state index in [-0.39, 0.29) is 18.3 Å². The summed E-state index contributed by atoms with van der Waals surface area (Å²) in [6, 6.07) is 4.20. The predicted molar refractivity (Wildman–Crippen MR) is 78.9 cm³/mol. The van der Waals surface area contributed by atoms with Crippen LogP contribution in [-0.4, -0.2) is 36.5 Å². The van der Waals surface area contributed by atoms with Gasteiger partial charge in [0.25, 0.3) is 0 Å². The summed E-state index contributed by atoms with van der Waals surface area (Å²) in [5.41, 5.74) is 0. The normalized spacial score (nSPS) is 19.4. The molecule has 6 heteroatoms. The standard InChI is InChI=1S/C12H17ClN2OS.ClH/c1-9-8-14-6-7-15(9)12(16)5-3-10-2-4-11(13)17-10;/h2,4,9,14H,3,5-8H2,1H3;1H/t9-;/m0./s1. The summed E-state index contributed by atoms with van der Waals surface area (Å²) >= 11 is 7.42. The maximum absolute atomic E-state index is 12.1. The average Bonchev–Trinajstić information content (AvgIpc) is 2.73. The Bertz CT molecular complexity index is 397. The number of hydrogen-bond donors (Lipinski definition) is 1. The van der Waals surface area contributed by atoms with Crippen LogP contribution in [0.15, 0.2) is 12.1 Å². The van der Waals surface area contributed by atoms with Gasteiger partial charge in [0, 0.05) is 37.0 Å². The summed E-state index contributed by atoms with van der Waals surface area (Å²) in [5.74, 6) is 0.253. The van der Waals surface area contributed by atoms with Crippen LogP contribution < -0.4 is 5.32 Å². The van der Waals surface area contributed by atoms with Crippen molar-refractivity contribution in [2.24, 2.45) is 0 Å². The second-order valence-corrected chi connectivity index (χ2v) is 6.15. The zero-order valence-electron chi connectivity index (χ0n) is 10.3. The van der Waals surface area contributed by atoms with Gasteiger partial charge in [0.1, 0.15) is 0 Å². The fraction of sp³-hybridized carbons (Fsp3) is 0.583. The first-order valence-electron chi connectivity index (χ1n) is 5.91. The highest BCUT2D eigenvalue weighted by Gasteiger charge is 2.22. The Hall–Kier alpha value is -0.290. The fourth-order valence-corrected chi connectivity index (χ4v) is 3.16. The van der Waals surface area contributed by atoms with Crippen molar-refractivity contribution in [3.05, 3.63) is 21.3 Å². The minimum Gasteiger partial charge on any atom is -0.337 e. The molecule has 102 valence electrons. The monoisotopic (exact) mass is 308 g/mol.